The summed E-state index contributed by atoms with van der Waals surface area (Å²) in [7, 11) is -3.97. The maximum atomic E-state index is 13.0. The SMILES string of the molecule is NC[C@H](O)CNS(=O)(=O)c1ccc(N2CCN(CCCO)CC2)c(C2=NNNN2)c1SN. The van der Waals surface area contributed by atoms with Crippen molar-refractivity contribution in [2.45, 2.75) is 22.3 Å². The molecule has 0 unspecified atom stereocenters. The smallest absolute Gasteiger partial charge is 0.241 e. The van der Waals surface area contributed by atoms with E-state index in [2.05, 4.69) is 36.1 Å². The zero-order valence-corrected chi connectivity index (χ0v) is 19.3. The molecule has 0 radical (unpaired) electrons. The van der Waals surface area contributed by atoms with Gasteiger partial charge in [-0.05, 0) is 30.5 Å². The normalized spacial score (nSPS) is 18.2. The zero-order valence-electron chi connectivity index (χ0n) is 17.6. The van der Waals surface area contributed by atoms with Crippen molar-refractivity contribution in [1.82, 2.24) is 26.1 Å². The molecule has 0 aromatic heterocycles. The Labute approximate surface area is 191 Å². The molecule has 2 heterocycles. The van der Waals surface area contributed by atoms with Gasteiger partial charge in [0, 0.05) is 58.1 Å². The fourth-order valence-corrected chi connectivity index (χ4v) is 5.70. The van der Waals surface area contributed by atoms with Gasteiger partial charge in [-0.3, -0.25) is 15.5 Å². The minimum Gasteiger partial charge on any atom is -0.396 e. The van der Waals surface area contributed by atoms with Crippen molar-refractivity contribution in [3.63, 3.8) is 0 Å². The summed E-state index contributed by atoms with van der Waals surface area (Å²) in [6.45, 7) is 3.83. The maximum absolute atomic E-state index is 13.0. The highest BCUT2D eigenvalue weighted by atomic mass is 32.2. The number of piperazine rings is 1. The average Bonchev–Trinajstić information content (AvgIpc) is 3.35. The van der Waals surface area contributed by atoms with Crippen molar-refractivity contribution in [3.8, 4) is 0 Å². The standard InChI is InChI=1S/C17H31N9O4S2/c18-10-12(28)11-20-32(29,30)14-3-2-13(15(16(14)31-19)17-21-23-24-22-17)26-7-5-25(6-8-26)4-1-9-27/h2-3,12,20,23-24,27-28H,1,4-11,18-19H2,(H,21,22)/t12-/m0/s1. The lowest BCUT2D eigenvalue weighted by molar-refractivity contribution is 0.186. The van der Waals surface area contributed by atoms with Gasteiger partial charge in [0.2, 0.25) is 10.0 Å². The number of nitrogens with zero attached hydrogens (tertiary/aromatic N) is 3. The van der Waals surface area contributed by atoms with Crippen LogP contribution >= 0.6 is 11.9 Å². The van der Waals surface area contributed by atoms with Crippen molar-refractivity contribution in [3.05, 3.63) is 17.7 Å². The molecule has 2 aliphatic rings. The molecule has 0 amide bonds. The number of hydrogen-bond donors (Lipinski definition) is 8. The van der Waals surface area contributed by atoms with Gasteiger partial charge >= 0.3 is 0 Å². The molecule has 1 aromatic carbocycles. The van der Waals surface area contributed by atoms with E-state index in [0.29, 0.717) is 16.3 Å². The number of hydrazone groups is 1. The number of benzene rings is 1. The lowest BCUT2D eigenvalue weighted by Crippen LogP contribution is -2.47. The number of aliphatic hydroxyl groups excluding tert-OH is 2. The van der Waals surface area contributed by atoms with Crippen molar-refractivity contribution in [2.75, 3.05) is 57.3 Å². The summed E-state index contributed by atoms with van der Waals surface area (Å²) >= 11 is 0.818. The first-order valence-corrected chi connectivity index (χ1v) is 12.6. The van der Waals surface area contributed by atoms with Crippen LogP contribution in [0.3, 0.4) is 0 Å². The molecule has 1 aromatic rings. The van der Waals surface area contributed by atoms with Gasteiger partial charge < -0.3 is 20.8 Å². The summed E-state index contributed by atoms with van der Waals surface area (Å²) in [6.07, 6.45) is -0.260. The molecular formula is C17H31N9O4S2. The van der Waals surface area contributed by atoms with E-state index in [1.165, 1.54) is 6.07 Å². The Kier molecular flexibility index (Phi) is 8.92. The van der Waals surface area contributed by atoms with Gasteiger partial charge in [0.1, 0.15) is 0 Å². The fourth-order valence-electron chi connectivity index (χ4n) is 3.57. The highest BCUT2D eigenvalue weighted by molar-refractivity contribution is 7.98. The van der Waals surface area contributed by atoms with Crippen molar-refractivity contribution in [1.29, 1.82) is 0 Å². The number of hydrogen-bond acceptors (Lipinski definition) is 13. The summed E-state index contributed by atoms with van der Waals surface area (Å²) in [5.41, 5.74) is 14.9. The number of anilines is 1. The molecule has 1 fully saturated rings. The predicted molar refractivity (Wildman–Crippen MR) is 123 cm³/mol. The lowest BCUT2D eigenvalue weighted by Gasteiger charge is -2.37. The Bertz CT molecular complexity index is 908. The number of sulfonamides is 1. The summed E-state index contributed by atoms with van der Waals surface area (Å²) in [5, 5.41) is 28.8. The molecular weight excluding hydrogens is 458 g/mol. The Morgan fingerprint density at radius 1 is 1.28 bits per heavy atom. The molecule has 0 bridgehead atoms. The van der Waals surface area contributed by atoms with Gasteiger partial charge in [-0.2, -0.15) is 0 Å². The third kappa shape index (κ3) is 5.81. The molecule has 10 N–H and O–H groups in total. The molecule has 1 saturated heterocycles. The number of nitrogens with two attached hydrogens (primary N) is 2. The molecule has 180 valence electrons. The van der Waals surface area contributed by atoms with Gasteiger partial charge in [0.15, 0.2) is 5.84 Å². The van der Waals surface area contributed by atoms with Crippen molar-refractivity contribution < 1.29 is 18.6 Å². The van der Waals surface area contributed by atoms with Crippen LogP contribution in [0.1, 0.15) is 12.0 Å². The molecule has 2 aliphatic heterocycles. The van der Waals surface area contributed by atoms with Crippen LogP contribution in [0.2, 0.25) is 0 Å². The van der Waals surface area contributed by atoms with E-state index in [1.807, 2.05) is 0 Å². The van der Waals surface area contributed by atoms with Crippen LogP contribution < -0.4 is 37.0 Å². The minimum absolute atomic E-state index is 0.00838. The second-order valence-corrected chi connectivity index (χ2v) is 9.75. The second kappa shape index (κ2) is 11.4. The highest BCUT2D eigenvalue weighted by Gasteiger charge is 2.30. The van der Waals surface area contributed by atoms with Crippen molar-refractivity contribution >= 4 is 33.5 Å². The lowest BCUT2D eigenvalue weighted by atomic mass is 10.1. The molecule has 32 heavy (non-hydrogen) atoms. The number of rotatable bonds is 11. The molecule has 0 spiro atoms. The fraction of sp³-hybridized carbons (Fsp3) is 0.588. The molecule has 0 saturated carbocycles. The van der Waals surface area contributed by atoms with Gasteiger partial charge in [-0.25, -0.2) is 18.7 Å². The van der Waals surface area contributed by atoms with Crippen molar-refractivity contribution in [2.24, 2.45) is 16.0 Å². The largest absolute Gasteiger partial charge is 0.396 e. The third-order valence-electron chi connectivity index (χ3n) is 5.27. The summed E-state index contributed by atoms with van der Waals surface area (Å²) in [4.78, 5) is 4.77. The van der Waals surface area contributed by atoms with E-state index in [-0.39, 0.29) is 24.6 Å². The maximum Gasteiger partial charge on any atom is 0.241 e. The first-order valence-electron chi connectivity index (χ1n) is 10.2. The van der Waals surface area contributed by atoms with E-state index < -0.39 is 16.1 Å². The van der Waals surface area contributed by atoms with E-state index in [9.17, 15) is 13.5 Å². The van der Waals surface area contributed by atoms with Gasteiger partial charge in [-0.15, -0.1) is 10.6 Å². The number of amidine groups is 1. The van der Waals surface area contributed by atoms with Crippen LogP contribution in [0.15, 0.2) is 27.0 Å². The predicted octanol–water partition coefficient (Wildman–Crippen LogP) is -2.97. The minimum atomic E-state index is -3.97. The third-order valence-corrected chi connectivity index (χ3v) is 7.53. The summed E-state index contributed by atoms with van der Waals surface area (Å²) in [6, 6.07) is 3.26. The first kappa shape index (κ1) is 24.9. The van der Waals surface area contributed by atoms with E-state index in [4.69, 9.17) is 16.0 Å². The second-order valence-electron chi connectivity index (χ2n) is 7.37. The van der Waals surface area contributed by atoms with Gasteiger partial charge in [0.05, 0.1) is 21.5 Å². The quantitative estimate of drug-likeness (QED) is 0.147. The van der Waals surface area contributed by atoms with Crippen LogP contribution in [0, 0.1) is 0 Å². The van der Waals surface area contributed by atoms with E-state index in [0.717, 1.165) is 56.8 Å². The first-order chi connectivity index (χ1) is 15.4. The monoisotopic (exact) mass is 489 g/mol. The molecule has 3 rings (SSSR count). The van der Waals surface area contributed by atoms with E-state index >= 15 is 0 Å². The summed E-state index contributed by atoms with van der Waals surface area (Å²) in [5.74, 6) is 0.412. The molecule has 15 heteroatoms. The Hall–Kier alpha value is -1.69. The van der Waals surface area contributed by atoms with E-state index in [1.54, 1.807) is 6.07 Å². The summed E-state index contributed by atoms with van der Waals surface area (Å²) < 4.78 is 28.3. The van der Waals surface area contributed by atoms with Crippen LogP contribution in [0.25, 0.3) is 0 Å². The van der Waals surface area contributed by atoms with Crippen LogP contribution in [0.4, 0.5) is 5.69 Å². The topological polar surface area (TPSA) is 194 Å². The average molecular weight is 490 g/mol. The Balaban J connectivity index is 1.94. The van der Waals surface area contributed by atoms with Crippen LogP contribution in [0.5, 0.6) is 0 Å². The Morgan fingerprint density at radius 3 is 2.62 bits per heavy atom. The van der Waals surface area contributed by atoms with Gasteiger partial charge in [-0.1, -0.05) is 0 Å². The number of hydrazine groups is 2. The number of aliphatic hydroxyl groups is 2. The molecule has 0 aliphatic carbocycles. The van der Waals surface area contributed by atoms with Crippen LogP contribution in [-0.2, 0) is 10.0 Å². The molecule has 1 atom stereocenters. The highest BCUT2D eigenvalue weighted by Crippen LogP contribution is 2.35. The van der Waals surface area contributed by atoms with Gasteiger partial charge in [0.25, 0.3) is 0 Å². The Morgan fingerprint density at radius 2 is 2.03 bits per heavy atom. The zero-order chi connectivity index (χ0) is 23.1. The van der Waals surface area contributed by atoms with Crippen LogP contribution in [-0.4, -0.2) is 87.9 Å². The number of nitrogens with one attached hydrogen (secondary N) is 4. The molecule has 13 nitrogen and oxygen atoms in total.